The molecule has 0 bridgehead atoms. The number of hydrogen-bond donors (Lipinski definition) is 2. The average molecular weight is 299 g/mol. The molecule has 1 amide bonds. The van der Waals surface area contributed by atoms with Crippen molar-refractivity contribution in [2.75, 3.05) is 18.1 Å². The predicted molar refractivity (Wildman–Crippen MR) is 75.1 cm³/mol. The van der Waals surface area contributed by atoms with Crippen molar-refractivity contribution in [2.24, 2.45) is 0 Å². The molecule has 0 spiro atoms. The predicted octanol–water partition coefficient (Wildman–Crippen LogP) is 0.403. The number of ether oxygens (including phenoxy) is 1. The fourth-order valence-corrected chi connectivity index (χ4v) is 2.49. The molecular formula is C13H17NO5S. The van der Waals surface area contributed by atoms with Crippen molar-refractivity contribution >= 4 is 22.7 Å². The lowest BCUT2D eigenvalue weighted by Gasteiger charge is -2.13. The molecule has 2 unspecified atom stereocenters. The number of aliphatic carboxylic acids is 1. The highest BCUT2D eigenvalue weighted by Gasteiger charge is 2.21. The van der Waals surface area contributed by atoms with E-state index in [-0.39, 0.29) is 18.1 Å². The summed E-state index contributed by atoms with van der Waals surface area (Å²) >= 11 is 0. The lowest BCUT2D eigenvalue weighted by molar-refractivity contribution is -0.140. The molecule has 6 nitrogen and oxygen atoms in total. The molecule has 0 radical (unpaired) electrons. The lowest BCUT2D eigenvalue weighted by atomic mass is 10.3. The van der Waals surface area contributed by atoms with Crippen LogP contribution in [0.15, 0.2) is 30.3 Å². The van der Waals surface area contributed by atoms with Crippen LogP contribution in [0.3, 0.4) is 0 Å². The van der Waals surface area contributed by atoms with Crippen molar-refractivity contribution in [1.29, 1.82) is 0 Å². The largest absolute Gasteiger partial charge is 0.493 e. The fraction of sp³-hybridized carbons (Fsp3) is 0.385. The first-order valence-corrected chi connectivity index (χ1v) is 7.50. The van der Waals surface area contributed by atoms with Gasteiger partial charge in [0.25, 0.3) is 0 Å². The number of carbonyl (C=O) groups is 2. The third kappa shape index (κ3) is 6.33. The van der Waals surface area contributed by atoms with Crippen molar-refractivity contribution < 1.29 is 23.6 Å². The Morgan fingerprint density at radius 2 is 2.00 bits per heavy atom. The topological polar surface area (TPSA) is 92.7 Å². The minimum atomic E-state index is -1.38. The van der Waals surface area contributed by atoms with Gasteiger partial charge >= 0.3 is 5.97 Å². The number of para-hydroxylation sites is 1. The Balaban J connectivity index is 2.35. The molecule has 20 heavy (non-hydrogen) atoms. The minimum absolute atomic E-state index is 0.132. The van der Waals surface area contributed by atoms with Gasteiger partial charge in [0.05, 0.1) is 18.1 Å². The standard InChI is InChI=1S/C13H17NO5S/c1-10(15)14-12(13(16)17)9-20(18)8-7-19-11-5-3-2-4-6-11/h2-6,12H,7-9H2,1H3,(H,14,15)(H,16,17). The molecule has 2 N–H and O–H groups in total. The number of amides is 1. The summed E-state index contributed by atoms with van der Waals surface area (Å²) in [6, 6.07) is 7.92. The van der Waals surface area contributed by atoms with Gasteiger partial charge < -0.3 is 15.2 Å². The number of carboxylic acid groups (broad SMARTS) is 1. The second kappa shape index (κ2) is 8.31. The normalized spacial score (nSPS) is 13.2. The quantitative estimate of drug-likeness (QED) is 0.725. The minimum Gasteiger partial charge on any atom is -0.493 e. The van der Waals surface area contributed by atoms with E-state index < -0.39 is 28.7 Å². The van der Waals surface area contributed by atoms with E-state index in [1.807, 2.05) is 18.2 Å². The molecule has 0 fully saturated rings. The summed E-state index contributed by atoms with van der Waals surface area (Å²) < 4.78 is 17.1. The molecular weight excluding hydrogens is 282 g/mol. The molecule has 1 aromatic rings. The Labute approximate surface area is 119 Å². The molecule has 0 heterocycles. The maximum Gasteiger partial charge on any atom is 0.327 e. The van der Waals surface area contributed by atoms with Crippen molar-refractivity contribution in [3.8, 4) is 5.75 Å². The van der Waals surface area contributed by atoms with Gasteiger partial charge in [-0.05, 0) is 12.1 Å². The number of carbonyl (C=O) groups excluding carboxylic acids is 1. The monoisotopic (exact) mass is 299 g/mol. The number of nitrogens with one attached hydrogen (secondary N) is 1. The summed E-state index contributed by atoms with van der Waals surface area (Å²) in [5.74, 6) is -0.917. The molecule has 0 saturated carbocycles. The van der Waals surface area contributed by atoms with Crippen LogP contribution >= 0.6 is 0 Å². The second-order valence-electron chi connectivity index (χ2n) is 4.06. The Hall–Kier alpha value is -1.89. The molecule has 1 rings (SSSR count). The molecule has 110 valence electrons. The summed E-state index contributed by atoms with van der Waals surface area (Å²) in [6.45, 7) is 1.44. The molecule has 1 aromatic carbocycles. The van der Waals surface area contributed by atoms with Crippen LogP contribution in [0.4, 0.5) is 0 Å². The Morgan fingerprint density at radius 1 is 1.35 bits per heavy atom. The molecule has 0 aliphatic heterocycles. The first-order chi connectivity index (χ1) is 9.49. The van der Waals surface area contributed by atoms with E-state index in [9.17, 15) is 13.8 Å². The van der Waals surface area contributed by atoms with E-state index in [1.165, 1.54) is 6.92 Å². The highest BCUT2D eigenvalue weighted by Crippen LogP contribution is 2.07. The van der Waals surface area contributed by atoms with Gasteiger partial charge in [-0.1, -0.05) is 18.2 Å². The summed E-state index contributed by atoms with van der Waals surface area (Å²) in [4.78, 5) is 21.7. The molecule has 0 saturated heterocycles. The van der Waals surface area contributed by atoms with Gasteiger partial charge in [0.1, 0.15) is 11.8 Å². The molecule has 0 aliphatic rings. The first kappa shape index (κ1) is 16.2. The van der Waals surface area contributed by atoms with Gasteiger partial charge in [-0.15, -0.1) is 0 Å². The van der Waals surface area contributed by atoms with Crippen LogP contribution in [0.1, 0.15) is 6.92 Å². The number of carboxylic acids is 1. The van der Waals surface area contributed by atoms with E-state index in [0.29, 0.717) is 5.75 Å². The van der Waals surface area contributed by atoms with Gasteiger partial charge in [0, 0.05) is 17.7 Å². The van der Waals surface area contributed by atoms with Crippen LogP contribution in [-0.4, -0.2) is 45.3 Å². The Kier molecular flexibility index (Phi) is 6.72. The smallest absolute Gasteiger partial charge is 0.327 e. The van der Waals surface area contributed by atoms with Crippen LogP contribution in [0, 0.1) is 0 Å². The summed E-state index contributed by atoms with van der Waals surface area (Å²) in [5.41, 5.74) is 0. The van der Waals surface area contributed by atoms with Crippen molar-refractivity contribution in [2.45, 2.75) is 13.0 Å². The SMILES string of the molecule is CC(=O)NC(CS(=O)CCOc1ccccc1)C(=O)O. The zero-order chi connectivity index (χ0) is 15.0. The van der Waals surface area contributed by atoms with Crippen LogP contribution in [-0.2, 0) is 20.4 Å². The van der Waals surface area contributed by atoms with Crippen LogP contribution in [0.2, 0.25) is 0 Å². The zero-order valence-corrected chi connectivity index (χ0v) is 11.9. The van der Waals surface area contributed by atoms with E-state index in [2.05, 4.69) is 5.32 Å². The van der Waals surface area contributed by atoms with Crippen molar-refractivity contribution in [1.82, 2.24) is 5.32 Å². The fourth-order valence-electron chi connectivity index (χ4n) is 1.46. The Bertz CT molecular complexity index is 477. The third-order valence-electron chi connectivity index (χ3n) is 2.35. The van der Waals surface area contributed by atoms with E-state index >= 15 is 0 Å². The van der Waals surface area contributed by atoms with Crippen LogP contribution < -0.4 is 10.1 Å². The Morgan fingerprint density at radius 3 is 2.55 bits per heavy atom. The molecule has 7 heteroatoms. The van der Waals surface area contributed by atoms with Gasteiger partial charge in [-0.3, -0.25) is 9.00 Å². The summed E-state index contributed by atoms with van der Waals surface area (Å²) in [7, 11) is -1.38. The first-order valence-electron chi connectivity index (χ1n) is 6.01. The van der Waals surface area contributed by atoms with Crippen LogP contribution in [0.25, 0.3) is 0 Å². The summed E-state index contributed by atoms with van der Waals surface area (Å²) in [5, 5.41) is 11.1. The van der Waals surface area contributed by atoms with Gasteiger partial charge in [0.2, 0.25) is 5.91 Å². The lowest BCUT2D eigenvalue weighted by Crippen LogP contribution is -2.43. The van der Waals surface area contributed by atoms with Crippen molar-refractivity contribution in [3.63, 3.8) is 0 Å². The third-order valence-corrected chi connectivity index (χ3v) is 3.68. The van der Waals surface area contributed by atoms with Gasteiger partial charge in [-0.25, -0.2) is 4.79 Å². The maximum absolute atomic E-state index is 11.7. The highest BCUT2D eigenvalue weighted by molar-refractivity contribution is 7.85. The highest BCUT2D eigenvalue weighted by atomic mass is 32.2. The summed E-state index contributed by atoms with van der Waals surface area (Å²) in [6.07, 6.45) is 0. The van der Waals surface area contributed by atoms with E-state index in [0.717, 1.165) is 0 Å². The van der Waals surface area contributed by atoms with E-state index in [1.54, 1.807) is 12.1 Å². The average Bonchev–Trinajstić information content (AvgIpc) is 2.38. The van der Waals surface area contributed by atoms with Gasteiger partial charge in [0.15, 0.2) is 0 Å². The molecule has 2 atom stereocenters. The number of benzene rings is 1. The number of hydrogen-bond acceptors (Lipinski definition) is 4. The van der Waals surface area contributed by atoms with Crippen molar-refractivity contribution in [3.05, 3.63) is 30.3 Å². The zero-order valence-electron chi connectivity index (χ0n) is 11.1. The number of rotatable bonds is 8. The molecule has 0 aromatic heterocycles. The second-order valence-corrected chi connectivity index (χ2v) is 5.68. The van der Waals surface area contributed by atoms with Crippen LogP contribution in [0.5, 0.6) is 5.75 Å². The maximum atomic E-state index is 11.7. The molecule has 0 aliphatic carbocycles. The van der Waals surface area contributed by atoms with E-state index in [4.69, 9.17) is 9.84 Å². The van der Waals surface area contributed by atoms with Gasteiger partial charge in [-0.2, -0.15) is 0 Å².